The lowest BCUT2D eigenvalue weighted by atomic mass is 10.0. The fourth-order valence-electron chi connectivity index (χ4n) is 3.11. The van der Waals surface area contributed by atoms with Crippen molar-refractivity contribution in [2.24, 2.45) is 5.92 Å². The molecule has 0 bridgehead atoms. The monoisotopic (exact) mass is 428 g/mol. The van der Waals surface area contributed by atoms with Crippen LogP contribution in [-0.2, 0) is 16.0 Å². The van der Waals surface area contributed by atoms with Crippen molar-refractivity contribution >= 4 is 18.0 Å². The fourth-order valence-corrected chi connectivity index (χ4v) is 3.11. The molecule has 0 saturated carbocycles. The van der Waals surface area contributed by atoms with Crippen LogP contribution < -0.4 is 5.32 Å². The lowest BCUT2D eigenvalue weighted by molar-refractivity contribution is -0.147. The third-order valence-electron chi connectivity index (χ3n) is 4.65. The molecule has 0 fully saturated rings. The second-order valence-electron chi connectivity index (χ2n) is 7.76. The Morgan fingerprint density at radius 1 is 0.871 bits per heavy atom. The minimum atomic E-state index is -1.75. The van der Waals surface area contributed by atoms with E-state index in [1.54, 1.807) is 0 Å². The van der Waals surface area contributed by atoms with Crippen LogP contribution in [0.5, 0.6) is 0 Å². The van der Waals surface area contributed by atoms with Crippen LogP contribution in [-0.4, -0.2) is 63.4 Å². The lowest BCUT2D eigenvalue weighted by Gasteiger charge is -2.27. The molecule has 2 aromatic rings. The van der Waals surface area contributed by atoms with Crippen LogP contribution in [0.4, 0.5) is 4.79 Å². The summed E-state index contributed by atoms with van der Waals surface area (Å²) in [5.41, 5.74) is 2.76. The van der Waals surface area contributed by atoms with E-state index in [1.165, 1.54) is 0 Å². The number of carbonyl (C=O) groups excluding carboxylic acids is 1. The van der Waals surface area contributed by atoms with Crippen LogP contribution in [0.2, 0.25) is 0 Å². The number of benzene rings is 2. The molecule has 2 aromatic carbocycles. The van der Waals surface area contributed by atoms with Crippen molar-refractivity contribution in [3.63, 3.8) is 0 Å². The van der Waals surface area contributed by atoms with Gasteiger partial charge >= 0.3 is 18.0 Å². The van der Waals surface area contributed by atoms with Gasteiger partial charge in [-0.1, -0.05) is 68.4 Å². The zero-order valence-electron chi connectivity index (χ0n) is 17.6. The summed E-state index contributed by atoms with van der Waals surface area (Å²) in [7, 11) is 0. The number of nitrogens with one attached hydrogen (secondary N) is 1. The predicted octanol–water partition coefficient (Wildman–Crippen LogP) is 2.46. The fraction of sp³-hybridized carbons (Fsp3) is 0.348. The molecule has 0 aromatic heterocycles. The van der Waals surface area contributed by atoms with E-state index >= 15 is 0 Å². The van der Waals surface area contributed by atoms with E-state index in [4.69, 9.17) is 5.11 Å². The quantitative estimate of drug-likeness (QED) is 0.460. The minimum Gasteiger partial charge on any atom is -0.480 e. The number of amides is 2. The molecule has 4 N–H and O–H groups in total. The van der Waals surface area contributed by atoms with Gasteiger partial charge in [0.05, 0.1) is 6.54 Å². The molecule has 0 saturated heterocycles. The highest BCUT2D eigenvalue weighted by Crippen LogP contribution is 2.19. The van der Waals surface area contributed by atoms with Gasteiger partial charge in [-0.25, -0.2) is 14.4 Å². The number of carbonyl (C=O) groups is 3. The van der Waals surface area contributed by atoms with Gasteiger partial charge in [-0.2, -0.15) is 0 Å². The zero-order chi connectivity index (χ0) is 23.0. The van der Waals surface area contributed by atoms with Crippen molar-refractivity contribution in [3.8, 4) is 11.1 Å². The molecule has 2 atom stereocenters. The van der Waals surface area contributed by atoms with Crippen molar-refractivity contribution in [1.82, 2.24) is 10.2 Å². The second-order valence-corrected chi connectivity index (χ2v) is 7.76. The highest BCUT2D eigenvalue weighted by molar-refractivity contribution is 5.83. The number of nitrogens with zero attached hydrogens (tertiary/aromatic N) is 1. The lowest BCUT2D eigenvalue weighted by Crippen LogP contribution is -2.52. The van der Waals surface area contributed by atoms with Crippen molar-refractivity contribution in [2.45, 2.75) is 32.4 Å². The zero-order valence-corrected chi connectivity index (χ0v) is 17.6. The van der Waals surface area contributed by atoms with Gasteiger partial charge in [0.1, 0.15) is 6.04 Å². The summed E-state index contributed by atoms with van der Waals surface area (Å²) >= 11 is 0. The third-order valence-corrected chi connectivity index (χ3v) is 4.65. The Bertz CT molecular complexity index is 883. The Labute approximate surface area is 181 Å². The molecule has 8 nitrogen and oxygen atoms in total. The average Bonchev–Trinajstić information content (AvgIpc) is 2.73. The smallest absolute Gasteiger partial charge is 0.334 e. The Hall–Kier alpha value is -3.39. The maximum absolute atomic E-state index is 12.6. The number of carboxylic acids is 2. The van der Waals surface area contributed by atoms with Gasteiger partial charge in [-0.15, -0.1) is 0 Å². The average molecular weight is 428 g/mol. The van der Waals surface area contributed by atoms with Crippen LogP contribution >= 0.6 is 0 Å². The Kier molecular flexibility index (Phi) is 8.57. The first-order valence-electron chi connectivity index (χ1n) is 10.0. The van der Waals surface area contributed by atoms with Crippen molar-refractivity contribution in [3.05, 3.63) is 60.2 Å². The molecule has 0 unspecified atom stereocenters. The molecule has 0 aliphatic rings. The van der Waals surface area contributed by atoms with Crippen LogP contribution in [0.25, 0.3) is 11.1 Å². The van der Waals surface area contributed by atoms with E-state index in [-0.39, 0.29) is 18.9 Å². The third kappa shape index (κ3) is 7.42. The van der Waals surface area contributed by atoms with Crippen molar-refractivity contribution in [2.75, 3.05) is 13.1 Å². The number of hydrogen-bond acceptors (Lipinski definition) is 4. The Morgan fingerprint density at radius 3 is 1.97 bits per heavy atom. The first-order valence-corrected chi connectivity index (χ1v) is 10.0. The van der Waals surface area contributed by atoms with E-state index in [9.17, 15) is 24.6 Å². The molecular weight excluding hydrogens is 400 g/mol. The number of aliphatic carboxylic acids is 2. The van der Waals surface area contributed by atoms with E-state index in [2.05, 4.69) is 5.32 Å². The van der Waals surface area contributed by atoms with Crippen molar-refractivity contribution in [1.29, 1.82) is 0 Å². The summed E-state index contributed by atoms with van der Waals surface area (Å²) < 4.78 is 0. The number of aliphatic hydroxyl groups is 1. The Morgan fingerprint density at radius 2 is 1.45 bits per heavy atom. The van der Waals surface area contributed by atoms with E-state index in [1.807, 2.05) is 68.4 Å². The van der Waals surface area contributed by atoms with Gasteiger partial charge in [0.2, 0.25) is 0 Å². The van der Waals surface area contributed by atoms with Gasteiger partial charge in [0, 0.05) is 13.0 Å². The molecule has 0 aliphatic heterocycles. The summed E-state index contributed by atoms with van der Waals surface area (Å²) in [6.07, 6.45) is -1.69. The van der Waals surface area contributed by atoms with Gasteiger partial charge in [-0.05, 0) is 22.6 Å². The molecular formula is C23H28N2O6. The summed E-state index contributed by atoms with van der Waals surface area (Å²) in [6.45, 7) is 3.40. The molecule has 2 rings (SSSR count). The van der Waals surface area contributed by atoms with Crippen LogP contribution in [0.15, 0.2) is 54.6 Å². The first kappa shape index (κ1) is 23.9. The highest BCUT2D eigenvalue weighted by atomic mass is 16.4. The van der Waals surface area contributed by atoms with Gasteiger partial charge in [0.25, 0.3) is 0 Å². The number of hydrogen-bond donors (Lipinski definition) is 4. The van der Waals surface area contributed by atoms with Crippen LogP contribution in [0.1, 0.15) is 19.4 Å². The van der Waals surface area contributed by atoms with Crippen molar-refractivity contribution < 1.29 is 29.7 Å². The molecule has 2 amide bonds. The molecule has 31 heavy (non-hydrogen) atoms. The van der Waals surface area contributed by atoms with Gasteiger partial charge < -0.3 is 25.5 Å². The largest absolute Gasteiger partial charge is 0.480 e. The first-order chi connectivity index (χ1) is 14.7. The molecule has 8 heteroatoms. The highest BCUT2D eigenvalue weighted by Gasteiger charge is 2.27. The SMILES string of the molecule is CC(C)CN(C[C@H](O)C(=O)O)C(=O)N[C@H](Cc1ccc(-c2ccccc2)cc1)C(=O)O. The standard InChI is InChI=1S/C23H28N2O6/c1-15(2)13-25(14-20(26)22(29)30)23(31)24-19(21(27)28)12-16-8-10-18(11-9-16)17-6-4-3-5-7-17/h3-11,15,19-20,26H,12-14H2,1-2H3,(H,24,31)(H,27,28)(H,29,30)/t19-,20+/m1/s1. The summed E-state index contributed by atoms with van der Waals surface area (Å²) in [5, 5.41) is 30.6. The van der Waals surface area contributed by atoms with E-state index < -0.39 is 36.7 Å². The number of aliphatic hydroxyl groups excluding tert-OH is 1. The van der Waals surface area contributed by atoms with Gasteiger partial charge in [-0.3, -0.25) is 0 Å². The molecule has 0 radical (unpaired) electrons. The molecule has 166 valence electrons. The normalized spacial score (nSPS) is 12.8. The minimum absolute atomic E-state index is 0.000513. The van der Waals surface area contributed by atoms with E-state index in [0.717, 1.165) is 21.6 Å². The summed E-state index contributed by atoms with van der Waals surface area (Å²) in [6, 6.07) is 15.2. The maximum Gasteiger partial charge on any atom is 0.334 e. The van der Waals surface area contributed by atoms with E-state index in [0.29, 0.717) is 0 Å². The maximum atomic E-state index is 12.6. The molecule has 0 aliphatic carbocycles. The number of rotatable bonds is 10. The predicted molar refractivity (Wildman–Crippen MR) is 116 cm³/mol. The summed E-state index contributed by atoms with van der Waals surface area (Å²) in [5.74, 6) is -2.65. The summed E-state index contributed by atoms with van der Waals surface area (Å²) in [4.78, 5) is 36.4. The second kappa shape index (κ2) is 11.1. The molecule has 0 spiro atoms. The number of urea groups is 1. The Balaban J connectivity index is 2.09. The number of carboxylic acid groups (broad SMARTS) is 2. The molecule has 0 heterocycles. The van der Waals surface area contributed by atoms with Crippen LogP contribution in [0, 0.1) is 5.92 Å². The van der Waals surface area contributed by atoms with Crippen LogP contribution in [0.3, 0.4) is 0 Å². The topological polar surface area (TPSA) is 127 Å². The van der Waals surface area contributed by atoms with Gasteiger partial charge in [0.15, 0.2) is 6.10 Å².